The van der Waals surface area contributed by atoms with Crippen molar-refractivity contribution in [1.82, 2.24) is 4.90 Å². The van der Waals surface area contributed by atoms with Crippen LogP contribution in [0, 0.1) is 0 Å². The van der Waals surface area contributed by atoms with Gasteiger partial charge in [0.05, 0.1) is 0 Å². The van der Waals surface area contributed by atoms with Crippen LogP contribution in [0.15, 0.2) is 0 Å². The SMILES string of the molecule is CCN(CC)CC.O=S(=O)([O-])C(F)(F)F.O=S(=O)([O-])C(F)(F)F.O=S(=O)([O-])C(F)(F)F.[Sc+3]. The molecule has 0 unspecified atom stereocenters. The maximum Gasteiger partial charge on any atom is 3.00 e. The van der Waals surface area contributed by atoms with Crippen LogP contribution in [-0.2, 0) is 56.2 Å². The molecule has 0 fully saturated rings. The van der Waals surface area contributed by atoms with E-state index < -0.39 is 46.9 Å². The maximum absolute atomic E-state index is 10.7. The van der Waals surface area contributed by atoms with Crippen molar-refractivity contribution >= 4 is 30.4 Å². The second-order valence-electron chi connectivity index (χ2n) is 4.32. The molecule has 32 heavy (non-hydrogen) atoms. The molecule has 0 atom stereocenters. The standard InChI is InChI=1S/C6H15N.3CHF3O3S.Sc/c1-4-7(5-2)6-3;3*2-1(3,4)8(5,6)7;/h4-6H2,1-3H3;3*(H,5,6,7);/q;;;;+3/p-3. The Morgan fingerprint density at radius 3 is 0.625 bits per heavy atom. The van der Waals surface area contributed by atoms with E-state index >= 15 is 0 Å². The summed E-state index contributed by atoms with van der Waals surface area (Å²) in [6.07, 6.45) is 0. The zero-order chi connectivity index (χ0) is 26.7. The molecule has 194 valence electrons. The zero-order valence-corrected chi connectivity index (χ0v) is 20.2. The summed E-state index contributed by atoms with van der Waals surface area (Å²) < 4.78 is 177. The third-order valence-electron chi connectivity index (χ3n) is 2.19. The Hall–Kier alpha value is -0.0699. The topological polar surface area (TPSA) is 175 Å². The summed E-state index contributed by atoms with van der Waals surface area (Å²) in [6.45, 7) is 10.1. The molecule has 0 aliphatic carbocycles. The van der Waals surface area contributed by atoms with Gasteiger partial charge < -0.3 is 18.6 Å². The monoisotopic (exact) mass is 593 g/mol. The molecule has 0 aliphatic heterocycles. The summed E-state index contributed by atoms with van der Waals surface area (Å²) in [5.74, 6) is 0. The van der Waals surface area contributed by atoms with Gasteiger partial charge in [-0.3, -0.25) is 0 Å². The summed E-state index contributed by atoms with van der Waals surface area (Å²) >= 11 is 0. The van der Waals surface area contributed by atoms with Crippen LogP contribution >= 0.6 is 0 Å². The molecule has 0 heterocycles. The molecule has 0 aromatic rings. The first-order chi connectivity index (χ1) is 13.1. The van der Waals surface area contributed by atoms with E-state index in [-0.39, 0.29) is 25.8 Å². The summed E-state index contributed by atoms with van der Waals surface area (Å²) in [5.41, 5.74) is -16.9. The number of hydrogen-bond acceptors (Lipinski definition) is 10. The quantitative estimate of drug-likeness (QED) is 0.265. The number of hydrogen-bond donors (Lipinski definition) is 0. The van der Waals surface area contributed by atoms with Gasteiger partial charge in [-0.2, -0.15) is 39.5 Å². The van der Waals surface area contributed by atoms with Crippen LogP contribution in [0.5, 0.6) is 0 Å². The molecule has 23 heteroatoms. The van der Waals surface area contributed by atoms with Crippen molar-refractivity contribution in [2.45, 2.75) is 37.3 Å². The fourth-order valence-corrected chi connectivity index (χ4v) is 0.671. The molecule has 0 spiro atoms. The largest absolute Gasteiger partial charge is 3.00 e. The predicted molar refractivity (Wildman–Crippen MR) is 80.7 cm³/mol. The van der Waals surface area contributed by atoms with Gasteiger partial charge in [0.2, 0.25) is 0 Å². The minimum atomic E-state index is -6.09. The van der Waals surface area contributed by atoms with E-state index in [1.165, 1.54) is 19.6 Å². The molecular formula is C9H15F9NO9S3Sc. The summed E-state index contributed by atoms with van der Waals surface area (Å²) in [4.78, 5) is 2.38. The minimum Gasteiger partial charge on any atom is -0.741 e. The van der Waals surface area contributed by atoms with Crippen LogP contribution < -0.4 is 0 Å². The van der Waals surface area contributed by atoms with Gasteiger partial charge in [0, 0.05) is 0 Å². The summed E-state index contributed by atoms with van der Waals surface area (Å²) in [5, 5.41) is 0. The van der Waals surface area contributed by atoms with E-state index in [0.717, 1.165) is 0 Å². The van der Waals surface area contributed by atoms with Crippen molar-refractivity contribution in [3.8, 4) is 0 Å². The van der Waals surface area contributed by atoms with Gasteiger partial charge >= 0.3 is 42.4 Å². The molecule has 0 bridgehead atoms. The van der Waals surface area contributed by atoms with Crippen molar-refractivity contribution in [1.29, 1.82) is 0 Å². The van der Waals surface area contributed by atoms with E-state index in [4.69, 9.17) is 38.9 Å². The Balaban J connectivity index is -0.000000100. The Kier molecular flexibility index (Phi) is 20.7. The molecule has 0 radical (unpaired) electrons. The van der Waals surface area contributed by atoms with E-state index in [0.29, 0.717) is 0 Å². The average Bonchev–Trinajstić information content (AvgIpc) is 2.44. The van der Waals surface area contributed by atoms with Gasteiger partial charge in [0.15, 0.2) is 30.4 Å². The van der Waals surface area contributed by atoms with Crippen molar-refractivity contribution in [2.24, 2.45) is 0 Å². The molecule has 0 aliphatic rings. The van der Waals surface area contributed by atoms with Crippen LogP contribution in [0.1, 0.15) is 20.8 Å². The molecule has 0 rings (SSSR count). The van der Waals surface area contributed by atoms with Crippen molar-refractivity contribution < 1.29 is 104 Å². The van der Waals surface area contributed by atoms with Crippen molar-refractivity contribution in [2.75, 3.05) is 19.6 Å². The van der Waals surface area contributed by atoms with Gasteiger partial charge in [0.1, 0.15) is 0 Å². The molecule has 0 saturated heterocycles. The van der Waals surface area contributed by atoms with E-state index in [9.17, 15) is 39.5 Å². The Morgan fingerprint density at radius 1 is 0.531 bits per heavy atom. The average molecular weight is 593 g/mol. The van der Waals surface area contributed by atoms with Gasteiger partial charge in [-0.25, -0.2) is 25.3 Å². The first-order valence-electron chi connectivity index (χ1n) is 6.88. The second kappa shape index (κ2) is 15.8. The fourth-order valence-electron chi connectivity index (χ4n) is 0.671. The van der Waals surface area contributed by atoms with E-state index in [1.807, 2.05) is 0 Å². The van der Waals surface area contributed by atoms with Gasteiger partial charge in [-0.1, -0.05) is 20.8 Å². The molecule has 0 aromatic heterocycles. The number of halogens is 9. The van der Waals surface area contributed by atoms with E-state index in [1.54, 1.807) is 0 Å². The molecule has 0 aromatic carbocycles. The van der Waals surface area contributed by atoms with Crippen LogP contribution in [0.4, 0.5) is 39.5 Å². The third-order valence-corrected chi connectivity index (χ3v) is 3.89. The van der Waals surface area contributed by atoms with Gasteiger partial charge in [-0.15, -0.1) is 0 Å². The second-order valence-corrected chi connectivity index (χ2v) is 8.43. The number of rotatable bonds is 3. The first kappa shape index (κ1) is 42.1. The van der Waals surface area contributed by atoms with E-state index in [2.05, 4.69) is 25.7 Å². The van der Waals surface area contributed by atoms with Gasteiger partial charge in [-0.05, 0) is 19.6 Å². The van der Waals surface area contributed by atoms with Crippen LogP contribution in [-0.4, -0.2) is 80.0 Å². The molecule has 10 nitrogen and oxygen atoms in total. The Labute approximate surface area is 196 Å². The van der Waals surface area contributed by atoms with Gasteiger partial charge in [0.25, 0.3) is 0 Å². The summed E-state index contributed by atoms with van der Waals surface area (Å²) in [6, 6.07) is 0. The minimum absolute atomic E-state index is 0. The number of alkyl halides is 9. The van der Waals surface area contributed by atoms with Crippen molar-refractivity contribution in [3.63, 3.8) is 0 Å². The van der Waals surface area contributed by atoms with Crippen molar-refractivity contribution in [3.05, 3.63) is 0 Å². The first-order valence-corrected chi connectivity index (χ1v) is 11.1. The summed E-state index contributed by atoms with van der Waals surface area (Å²) in [7, 11) is -18.3. The molecular weight excluding hydrogens is 578 g/mol. The number of nitrogens with zero attached hydrogens (tertiary/aromatic N) is 1. The van der Waals surface area contributed by atoms with Crippen LogP contribution in [0.25, 0.3) is 0 Å². The molecule has 0 amide bonds. The Bertz CT molecular complexity index is 697. The third kappa shape index (κ3) is 23.1. The maximum atomic E-state index is 10.7. The predicted octanol–water partition coefficient (Wildman–Crippen LogP) is 1.50. The smallest absolute Gasteiger partial charge is 0.741 e. The molecule has 0 N–H and O–H groups in total. The Morgan fingerprint density at radius 2 is 0.625 bits per heavy atom. The van der Waals surface area contributed by atoms with Crippen LogP contribution in [0.2, 0.25) is 0 Å². The fraction of sp³-hybridized carbons (Fsp3) is 1.00. The zero-order valence-electron chi connectivity index (χ0n) is 15.9. The normalized spacial score (nSPS) is 12.8. The van der Waals surface area contributed by atoms with Crippen LogP contribution in [0.3, 0.4) is 0 Å². The molecule has 0 saturated carbocycles.